The van der Waals surface area contributed by atoms with E-state index >= 15 is 0 Å². The van der Waals surface area contributed by atoms with E-state index in [-0.39, 0.29) is 5.69 Å². The number of hydrogen-bond acceptors (Lipinski definition) is 7. The first-order valence-electron chi connectivity index (χ1n) is 4.52. The second-order valence-electron chi connectivity index (χ2n) is 3.02. The number of aromatic nitrogens is 1. The van der Waals surface area contributed by atoms with Gasteiger partial charge in [-0.05, 0) is 6.07 Å². The third-order valence-corrected chi connectivity index (χ3v) is 3.74. The summed E-state index contributed by atoms with van der Waals surface area (Å²) in [5.74, 6) is 5.27. The lowest BCUT2D eigenvalue weighted by Crippen LogP contribution is -2.07. The maximum atomic E-state index is 10.7. The predicted molar refractivity (Wildman–Crippen MR) is 67.1 cm³/mol. The van der Waals surface area contributed by atoms with Crippen LogP contribution < -0.4 is 11.3 Å². The van der Waals surface area contributed by atoms with Crippen LogP contribution in [0.4, 0.5) is 11.4 Å². The SMILES string of the molecule is NNc1cc(Sc2nccs2)cc([N+](=O)[O-])c1. The van der Waals surface area contributed by atoms with Gasteiger partial charge in [0.15, 0.2) is 4.34 Å². The van der Waals surface area contributed by atoms with Crippen LogP contribution in [-0.2, 0) is 0 Å². The van der Waals surface area contributed by atoms with Crippen molar-refractivity contribution >= 4 is 34.5 Å². The van der Waals surface area contributed by atoms with Gasteiger partial charge in [0.25, 0.3) is 5.69 Å². The van der Waals surface area contributed by atoms with E-state index in [2.05, 4.69) is 10.4 Å². The van der Waals surface area contributed by atoms with Gasteiger partial charge in [-0.1, -0.05) is 11.8 Å². The number of nitro groups is 1. The van der Waals surface area contributed by atoms with Gasteiger partial charge in [0.05, 0.1) is 10.6 Å². The number of nitrogens with one attached hydrogen (secondary N) is 1. The summed E-state index contributed by atoms with van der Waals surface area (Å²) in [6.45, 7) is 0. The Labute approximate surface area is 105 Å². The molecule has 0 radical (unpaired) electrons. The van der Waals surface area contributed by atoms with E-state index in [4.69, 9.17) is 5.84 Å². The zero-order chi connectivity index (χ0) is 12.3. The summed E-state index contributed by atoms with van der Waals surface area (Å²) in [5, 5.41) is 12.6. The van der Waals surface area contributed by atoms with E-state index in [1.807, 2.05) is 5.38 Å². The molecule has 17 heavy (non-hydrogen) atoms. The molecular formula is C9H8N4O2S2. The fraction of sp³-hybridized carbons (Fsp3) is 0. The van der Waals surface area contributed by atoms with Crippen LogP contribution in [0.25, 0.3) is 0 Å². The summed E-state index contributed by atoms with van der Waals surface area (Å²) in [6.07, 6.45) is 1.69. The van der Waals surface area contributed by atoms with Gasteiger partial charge in [0.1, 0.15) is 0 Å². The Balaban J connectivity index is 2.33. The number of hydrogen-bond donors (Lipinski definition) is 2. The van der Waals surface area contributed by atoms with Gasteiger partial charge in [-0.3, -0.25) is 16.0 Å². The molecule has 1 aromatic carbocycles. The molecule has 0 amide bonds. The summed E-state index contributed by atoms with van der Waals surface area (Å²) in [4.78, 5) is 15.1. The number of nitrogens with zero attached hydrogens (tertiary/aromatic N) is 2. The zero-order valence-corrected chi connectivity index (χ0v) is 10.1. The van der Waals surface area contributed by atoms with E-state index in [0.29, 0.717) is 5.69 Å². The van der Waals surface area contributed by atoms with Crippen molar-refractivity contribution in [2.24, 2.45) is 5.84 Å². The lowest BCUT2D eigenvalue weighted by atomic mass is 10.3. The molecule has 8 heteroatoms. The van der Waals surface area contributed by atoms with Crippen LogP contribution in [-0.4, -0.2) is 9.91 Å². The summed E-state index contributed by atoms with van der Waals surface area (Å²) in [7, 11) is 0. The van der Waals surface area contributed by atoms with E-state index in [9.17, 15) is 10.1 Å². The van der Waals surface area contributed by atoms with Crippen molar-refractivity contribution in [3.8, 4) is 0 Å². The van der Waals surface area contributed by atoms with Gasteiger partial charge in [0, 0.05) is 28.6 Å². The molecule has 0 fully saturated rings. The van der Waals surface area contributed by atoms with Gasteiger partial charge >= 0.3 is 0 Å². The number of thiazole rings is 1. The molecule has 2 aromatic rings. The minimum atomic E-state index is -0.452. The highest BCUT2D eigenvalue weighted by Gasteiger charge is 2.11. The number of hydrazine groups is 1. The first kappa shape index (κ1) is 11.8. The van der Waals surface area contributed by atoms with Gasteiger partial charge in [0.2, 0.25) is 0 Å². The largest absolute Gasteiger partial charge is 0.324 e. The third-order valence-electron chi connectivity index (χ3n) is 1.88. The van der Waals surface area contributed by atoms with Crippen LogP contribution in [0, 0.1) is 10.1 Å². The average molecular weight is 268 g/mol. The third kappa shape index (κ3) is 2.93. The maximum Gasteiger partial charge on any atom is 0.272 e. The standard InChI is InChI=1S/C9H8N4O2S2/c10-12-6-3-7(13(14)15)5-8(4-6)17-9-11-1-2-16-9/h1-5,12H,10H2. The molecule has 0 spiro atoms. The highest BCUT2D eigenvalue weighted by atomic mass is 32.2. The van der Waals surface area contributed by atoms with Crippen LogP contribution in [0.3, 0.4) is 0 Å². The Bertz CT molecular complexity index is 530. The Kier molecular flexibility index (Phi) is 3.57. The summed E-state index contributed by atoms with van der Waals surface area (Å²) in [6, 6.07) is 4.61. The molecule has 6 nitrogen and oxygen atoms in total. The van der Waals surface area contributed by atoms with E-state index in [1.165, 1.54) is 35.2 Å². The van der Waals surface area contributed by atoms with Gasteiger partial charge in [-0.15, -0.1) is 11.3 Å². The van der Waals surface area contributed by atoms with Crippen molar-refractivity contribution in [2.75, 3.05) is 5.43 Å². The molecule has 1 heterocycles. The Morgan fingerprint density at radius 3 is 2.88 bits per heavy atom. The van der Waals surface area contributed by atoms with Gasteiger partial charge in [-0.2, -0.15) is 0 Å². The topological polar surface area (TPSA) is 94.1 Å². The minimum absolute atomic E-state index is 0.000457. The highest BCUT2D eigenvalue weighted by Crippen LogP contribution is 2.33. The van der Waals surface area contributed by atoms with Crippen LogP contribution >= 0.6 is 23.1 Å². The summed E-state index contributed by atoms with van der Waals surface area (Å²) >= 11 is 2.84. The fourth-order valence-corrected chi connectivity index (χ4v) is 2.88. The van der Waals surface area contributed by atoms with Crippen molar-refractivity contribution < 1.29 is 4.92 Å². The molecular weight excluding hydrogens is 260 g/mol. The van der Waals surface area contributed by atoms with Crippen LogP contribution in [0.5, 0.6) is 0 Å². The number of anilines is 1. The van der Waals surface area contributed by atoms with Crippen molar-refractivity contribution in [3.63, 3.8) is 0 Å². The molecule has 0 bridgehead atoms. The monoisotopic (exact) mass is 268 g/mol. The van der Waals surface area contributed by atoms with Crippen molar-refractivity contribution in [1.29, 1.82) is 0 Å². The second-order valence-corrected chi connectivity index (χ2v) is 5.23. The quantitative estimate of drug-likeness (QED) is 0.502. The molecule has 0 saturated heterocycles. The van der Waals surface area contributed by atoms with Crippen molar-refractivity contribution in [2.45, 2.75) is 9.24 Å². The molecule has 0 aliphatic heterocycles. The van der Waals surface area contributed by atoms with E-state index in [1.54, 1.807) is 12.3 Å². The Hall–Kier alpha value is -1.64. The number of nitro benzene ring substituents is 1. The molecule has 0 aliphatic carbocycles. The summed E-state index contributed by atoms with van der Waals surface area (Å²) < 4.78 is 0.827. The highest BCUT2D eigenvalue weighted by molar-refractivity contribution is 8.01. The van der Waals surface area contributed by atoms with Crippen LogP contribution in [0.2, 0.25) is 0 Å². The number of non-ortho nitro benzene ring substituents is 1. The van der Waals surface area contributed by atoms with Gasteiger partial charge < -0.3 is 5.43 Å². The van der Waals surface area contributed by atoms with Crippen molar-refractivity contribution in [3.05, 3.63) is 39.9 Å². The van der Waals surface area contributed by atoms with Crippen LogP contribution in [0.1, 0.15) is 0 Å². The van der Waals surface area contributed by atoms with E-state index in [0.717, 1.165) is 9.24 Å². The van der Waals surface area contributed by atoms with Crippen LogP contribution in [0.15, 0.2) is 39.0 Å². The molecule has 0 aliphatic rings. The molecule has 1 aromatic heterocycles. The maximum absolute atomic E-state index is 10.7. The smallest absolute Gasteiger partial charge is 0.272 e. The number of benzene rings is 1. The fourth-order valence-electron chi connectivity index (χ4n) is 1.19. The molecule has 0 saturated carbocycles. The lowest BCUT2D eigenvalue weighted by molar-refractivity contribution is -0.385. The minimum Gasteiger partial charge on any atom is -0.324 e. The molecule has 0 atom stereocenters. The Morgan fingerprint density at radius 1 is 1.47 bits per heavy atom. The lowest BCUT2D eigenvalue weighted by Gasteiger charge is -2.03. The Morgan fingerprint density at radius 2 is 2.29 bits per heavy atom. The predicted octanol–water partition coefficient (Wildman–Crippen LogP) is 2.49. The van der Waals surface area contributed by atoms with Gasteiger partial charge in [-0.25, -0.2) is 4.98 Å². The molecule has 0 unspecified atom stereocenters. The molecule has 3 N–H and O–H groups in total. The first-order chi connectivity index (χ1) is 8.19. The summed E-state index contributed by atoms with van der Waals surface area (Å²) in [5.41, 5.74) is 2.91. The first-order valence-corrected chi connectivity index (χ1v) is 6.22. The number of rotatable bonds is 4. The number of nitrogens with two attached hydrogens (primary N) is 1. The molecule has 88 valence electrons. The zero-order valence-electron chi connectivity index (χ0n) is 8.49. The second kappa shape index (κ2) is 5.13. The normalized spacial score (nSPS) is 10.2. The number of nitrogen functional groups attached to an aromatic ring is 1. The average Bonchev–Trinajstić information content (AvgIpc) is 2.81. The molecule has 2 rings (SSSR count). The van der Waals surface area contributed by atoms with E-state index < -0.39 is 4.92 Å². The van der Waals surface area contributed by atoms with Crippen molar-refractivity contribution in [1.82, 2.24) is 4.98 Å².